The summed E-state index contributed by atoms with van der Waals surface area (Å²) in [6.07, 6.45) is 3.96. The number of hydrogen-bond acceptors (Lipinski definition) is 3. The molecule has 0 aromatic heterocycles. The van der Waals surface area contributed by atoms with E-state index in [1.807, 2.05) is 0 Å². The highest BCUT2D eigenvalue weighted by Crippen LogP contribution is 2.05. The third-order valence-electron chi connectivity index (χ3n) is 2.94. The van der Waals surface area contributed by atoms with Crippen molar-refractivity contribution in [3.8, 4) is 0 Å². The number of nitrogens with zero attached hydrogens (tertiary/aromatic N) is 2. The van der Waals surface area contributed by atoms with E-state index in [1.165, 1.54) is 4.90 Å². The van der Waals surface area contributed by atoms with Gasteiger partial charge in [0, 0.05) is 32.6 Å². The van der Waals surface area contributed by atoms with Gasteiger partial charge in [-0.1, -0.05) is 6.42 Å². The molecule has 5 nitrogen and oxygen atoms in total. The number of amides is 1. The SMILES string of the molecule is O=CCCCCCN1CCN(C(=O)O)CC1. The zero-order valence-corrected chi connectivity index (χ0v) is 9.60. The van der Waals surface area contributed by atoms with Gasteiger partial charge in [0.2, 0.25) is 0 Å². The lowest BCUT2D eigenvalue weighted by Crippen LogP contribution is -2.48. The molecule has 1 aliphatic heterocycles. The molecule has 0 aromatic carbocycles. The van der Waals surface area contributed by atoms with Crippen molar-refractivity contribution in [2.75, 3.05) is 32.7 Å². The first-order valence-electron chi connectivity index (χ1n) is 5.88. The van der Waals surface area contributed by atoms with Gasteiger partial charge in [-0.05, 0) is 19.4 Å². The molecule has 0 aliphatic carbocycles. The van der Waals surface area contributed by atoms with Crippen LogP contribution >= 0.6 is 0 Å². The van der Waals surface area contributed by atoms with E-state index < -0.39 is 6.09 Å². The number of carboxylic acid groups (broad SMARTS) is 1. The lowest BCUT2D eigenvalue weighted by molar-refractivity contribution is -0.107. The summed E-state index contributed by atoms with van der Waals surface area (Å²) >= 11 is 0. The molecule has 5 heteroatoms. The van der Waals surface area contributed by atoms with Crippen molar-refractivity contribution in [3.05, 3.63) is 0 Å². The molecular weight excluding hydrogens is 208 g/mol. The van der Waals surface area contributed by atoms with Crippen molar-refractivity contribution in [1.29, 1.82) is 0 Å². The fourth-order valence-corrected chi connectivity index (χ4v) is 1.90. The van der Waals surface area contributed by atoms with E-state index in [4.69, 9.17) is 5.11 Å². The van der Waals surface area contributed by atoms with Gasteiger partial charge in [0.25, 0.3) is 0 Å². The van der Waals surface area contributed by atoms with Gasteiger partial charge in [-0.25, -0.2) is 4.79 Å². The largest absolute Gasteiger partial charge is 0.465 e. The molecule has 0 spiro atoms. The molecule has 92 valence electrons. The number of unbranched alkanes of at least 4 members (excludes halogenated alkanes) is 3. The molecule has 0 bridgehead atoms. The Morgan fingerprint density at radius 2 is 1.81 bits per heavy atom. The second kappa shape index (κ2) is 7.22. The molecule has 16 heavy (non-hydrogen) atoms. The van der Waals surface area contributed by atoms with E-state index in [0.29, 0.717) is 19.5 Å². The Hall–Kier alpha value is -1.10. The Kier molecular flexibility index (Phi) is 5.85. The quantitative estimate of drug-likeness (QED) is 0.545. The summed E-state index contributed by atoms with van der Waals surface area (Å²) in [5.41, 5.74) is 0. The fraction of sp³-hybridized carbons (Fsp3) is 0.818. The summed E-state index contributed by atoms with van der Waals surface area (Å²) in [5, 5.41) is 8.77. The fourth-order valence-electron chi connectivity index (χ4n) is 1.90. The normalized spacial score (nSPS) is 17.4. The minimum absolute atomic E-state index is 0.615. The first kappa shape index (κ1) is 13.0. The van der Waals surface area contributed by atoms with Gasteiger partial charge in [-0.2, -0.15) is 0 Å². The topological polar surface area (TPSA) is 60.9 Å². The third-order valence-corrected chi connectivity index (χ3v) is 2.94. The first-order valence-corrected chi connectivity index (χ1v) is 5.88. The third kappa shape index (κ3) is 4.61. The number of rotatable bonds is 6. The molecule has 1 aliphatic rings. The number of hydrogen-bond donors (Lipinski definition) is 1. The van der Waals surface area contributed by atoms with E-state index in [1.54, 1.807) is 0 Å². The Morgan fingerprint density at radius 3 is 2.38 bits per heavy atom. The zero-order valence-electron chi connectivity index (χ0n) is 9.60. The summed E-state index contributed by atoms with van der Waals surface area (Å²) < 4.78 is 0. The molecular formula is C11H20N2O3. The van der Waals surface area contributed by atoms with E-state index in [0.717, 1.165) is 45.2 Å². The van der Waals surface area contributed by atoms with Crippen LogP contribution in [-0.4, -0.2) is 60.0 Å². The van der Waals surface area contributed by atoms with Crippen molar-refractivity contribution in [3.63, 3.8) is 0 Å². The lowest BCUT2D eigenvalue weighted by atomic mass is 10.2. The average Bonchev–Trinajstić information content (AvgIpc) is 2.29. The van der Waals surface area contributed by atoms with Crippen LogP contribution in [0.1, 0.15) is 25.7 Å². The van der Waals surface area contributed by atoms with E-state index in [2.05, 4.69) is 4.90 Å². The zero-order chi connectivity index (χ0) is 11.8. The minimum Gasteiger partial charge on any atom is -0.465 e. The molecule has 0 saturated carbocycles. The predicted molar refractivity (Wildman–Crippen MR) is 60.6 cm³/mol. The predicted octanol–water partition coefficient (Wildman–Crippen LogP) is 1.04. The Morgan fingerprint density at radius 1 is 1.12 bits per heavy atom. The van der Waals surface area contributed by atoms with Crippen LogP contribution in [0.2, 0.25) is 0 Å². The van der Waals surface area contributed by atoms with Gasteiger partial charge in [0.15, 0.2) is 0 Å². The monoisotopic (exact) mass is 228 g/mol. The van der Waals surface area contributed by atoms with Gasteiger partial charge < -0.3 is 14.8 Å². The summed E-state index contributed by atoms with van der Waals surface area (Å²) in [4.78, 5) is 24.5. The van der Waals surface area contributed by atoms with Crippen LogP contribution in [0.4, 0.5) is 4.79 Å². The van der Waals surface area contributed by atoms with Crippen LogP contribution in [0.25, 0.3) is 0 Å². The number of carbonyl (C=O) groups excluding carboxylic acids is 1. The molecule has 1 N–H and O–H groups in total. The summed E-state index contributed by atoms with van der Waals surface area (Å²) in [5.74, 6) is 0. The van der Waals surface area contributed by atoms with Crippen LogP contribution < -0.4 is 0 Å². The van der Waals surface area contributed by atoms with Crippen LogP contribution in [0.15, 0.2) is 0 Å². The molecule has 1 saturated heterocycles. The van der Waals surface area contributed by atoms with Gasteiger partial charge in [-0.3, -0.25) is 4.90 Å². The molecule has 1 heterocycles. The van der Waals surface area contributed by atoms with Gasteiger partial charge >= 0.3 is 6.09 Å². The first-order chi connectivity index (χ1) is 7.74. The summed E-state index contributed by atoms with van der Waals surface area (Å²) in [7, 11) is 0. The standard InChI is InChI=1S/C11H20N2O3/c14-10-4-2-1-3-5-12-6-8-13(9-7-12)11(15)16/h10H,1-9H2,(H,15,16). The molecule has 1 rings (SSSR count). The highest BCUT2D eigenvalue weighted by atomic mass is 16.4. The Balaban J connectivity index is 2.03. The second-order valence-corrected chi connectivity index (χ2v) is 4.13. The Labute approximate surface area is 96.0 Å². The van der Waals surface area contributed by atoms with E-state index >= 15 is 0 Å². The summed E-state index contributed by atoms with van der Waals surface area (Å²) in [6, 6.07) is 0. The van der Waals surface area contributed by atoms with E-state index in [-0.39, 0.29) is 0 Å². The van der Waals surface area contributed by atoms with Crippen molar-refractivity contribution in [1.82, 2.24) is 9.80 Å². The van der Waals surface area contributed by atoms with Gasteiger partial charge in [-0.15, -0.1) is 0 Å². The highest BCUT2D eigenvalue weighted by Gasteiger charge is 2.19. The molecule has 1 amide bonds. The summed E-state index contributed by atoms with van der Waals surface area (Å²) in [6.45, 7) is 3.92. The lowest BCUT2D eigenvalue weighted by Gasteiger charge is -2.32. The van der Waals surface area contributed by atoms with Gasteiger partial charge in [0.1, 0.15) is 6.29 Å². The molecule has 0 aromatic rings. The number of carbonyl (C=O) groups is 2. The maximum absolute atomic E-state index is 10.7. The molecule has 0 unspecified atom stereocenters. The number of piperazine rings is 1. The minimum atomic E-state index is -0.814. The average molecular weight is 228 g/mol. The van der Waals surface area contributed by atoms with Gasteiger partial charge in [0.05, 0.1) is 0 Å². The maximum atomic E-state index is 10.7. The highest BCUT2D eigenvalue weighted by molar-refractivity contribution is 5.65. The molecule has 0 radical (unpaired) electrons. The van der Waals surface area contributed by atoms with Crippen molar-refractivity contribution in [2.24, 2.45) is 0 Å². The Bertz CT molecular complexity index is 225. The van der Waals surface area contributed by atoms with Crippen LogP contribution in [0, 0.1) is 0 Å². The maximum Gasteiger partial charge on any atom is 0.407 e. The number of aldehydes is 1. The van der Waals surface area contributed by atoms with E-state index in [9.17, 15) is 9.59 Å². The van der Waals surface area contributed by atoms with Crippen LogP contribution in [0.3, 0.4) is 0 Å². The van der Waals surface area contributed by atoms with Crippen molar-refractivity contribution >= 4 is 12.4 Å². The molecule has 0 atom stereocenters. The van der Waals surface area contributed by atoms with Crippen molar-refractivity contribution in [2.45, 2.75) is 25.7 Å². The second-order valence-electron chi connectivity index (χ2n) is 4.13. The smallest absolute Gasteiger partial charge is 0.407 e. The van der Waals surface area contributed by atoms with Crippen LogP contribution in [0.5, 0.6) is 0 Å². The van der Waals surface area contributed by atoms with Crippen molar-refractivity contribution < 1.29 is 14.7 Å². The van der Waals surface area contributed by atoms with Crippen LogP contribution in [-0.2, 0) is 4.79 Å². The molecule has 1 fully saturated rings.